The summed E-state index contributed by atoms with van der Waals surface area (Å²) in [5.41, 5.74) is 5.83. The fraction of sp³-hybridized carbons (Fsp3) is 0.400. The number of hydrogen-bond acceptors (Lipinski definition) is 5. The van der Waals surface area contributed by atoms with Crippen LogP contribution in [0, 0.1) is 24.0 Å². The summed E-state index contributed by atoms with van der Waals surface area (Å²) in [7, 11) is -3.92. The zero-order valence-corrected chi connectivity index (χ0v) is 12.2. The first kappa shape index (κ1) is 17.8. The highest BCUT2D eigenvalue weighted by atomic mass is 35.5. The van der Waals surface area contributed by atoms with E-state index < -0.39 is 20.6 Å². The van der Waals surface area contributed by atoms with Gasteiger partial charge in [-0.15, -0.1) is 12.4 Å². The summed E-state index contributed by atoms with van der Waals surface area (Å²) in [6.45, 7) is 3.39. The number of nitrogens with zero attached hydrogens (tertiary/aromatic N) is 1. The molecular formula is C10H16ClN3O4S. The standard InChI is InChI=1S/C10H15N3O4S.ClH/c1-7-3-4-9(13(14)15)10(8(7)2)18(16,17)12-6-5-11;/h3-4,12H,5-6,11H2,1-2H3;1H. The molecule has 0 aliphatic rings. The zero-order chi connectivity index (χ0) is 13.9. The first-order valence-corrected chi connectivity index (χ1v) is 6.74. The van der Waals surface area contributed by atoms with E-state index in [0.717, 1.165) is 0 Å². The van der Waals surface area contributed by atoms with Gasteiger partial charge in [0.15, 0.2) is 4.90 Å². The molecule has 0 fully saturated rings. The summed E-state index contributed by atoms with van der Waals surface area (Å²) in [6, 6.07) is 2.72. The second kappa shape index (κ2) is 6.80. The second-order valence-electron chi connectivity index (χ2n) is 3.80. The topological polar surface area (TPSA) is 115 Å². The highest BCUT2D eigenvalue weighted by Crippen LogP contribution is 2.28. The van der Waals surface area contributed by atoms with Crippen molar-refractivity contribution in [2.24, 2.45) is 5.73 Å². The average molecular weight is 310 g/mol. The quantitative estimate of drug-likeness (QED) is 0.618. The van der Waals surface area contributed by atoms with Gasteiger partial charge in [-0.25, -0.2) is 13.1 Å². The monoisotopic (exact) mass is 309 g/mol. The van der Waals surface area contributed by atoms with Crippen LogP contribution in [0.1, 0.15) is 11.1 Å². The Bertz CT molecular complexity index is 574. The molecule has 1 aromatic rings. The summed E-state index contributed by atoms with van der Waals surface area (Å²) >= 11 is 0. The van der Waals surface area contributed by atoms with Crippen LogP contribution in [0.15, 0.2) is 17.0 Å². The van der Waals surface area contributed by atoms with Gasteiger partial charge in [0, 0.05) is 19.2 Å². The van der Waals surface area contributed by atoms with Gasteiger partial charge in [0.1, 0.15) is 0 Å². The highest BCUT2D eigenvalue weighted by Gasteiger charge is 2.28. The summed E-state index contributed by atoms with van der Waals surface area (Å²) < 4.78 is 26.3. The van der Waals surface area contributed by atoms with Crippen molar-refractivity contribution < 1.29 is 13.3 Å². The van der Waals surface area contributed by atoms with Crippen molar-refractivity contribution in [1.29, 1.82) is 0 Å². The second-order valence-corrected chi connectivity index (χ2v) is 5.50. The molecule has 0 saturated carbocycles. The Morgan fingerprint density at radius 3 is 2.42 bits per heavy atom. The van der Waals surface area contributed by atoms with Crippen molar-refractivity contribution in [3.8, 4) is 0 Å². The first-order chi connectivity index (χ1) is 8.31. The molecule has 0 aromatic heterocycles. The fourth-order valence-electron chi connectivity index (χ4n) is 1.52. The lowest BCUT2D eigenvalue weighted by molar-refractivity contribution is -0.387. The number of nitrogens with one attached hydrogen (secondary N) is 1. The van der Waals surface area contributed by atoms with E-state index in [1.54, 1.807) is 13.8 Å². The van der Waals surface area contributed by atoms with Gasteiger partial charge in [-0.1, -0.05) is 6.07 Å². The SMILES string of the molecule is Cc1ccc([N+](=O)[O-])c(S(=O)(=O)NCCN)c1C.Cl. The van der Waals surface area contributed by atoms with Gasteiger partial charge < -0.3 is 5.73 Å². The van der Waals surface area contributed by atoms with E-state index in [4.69, 9.17) is 5.73 Å². The third-order valence-electron chi connectivity index (χ3n) is 2.56. The molecule has 0 spiro atoms. The molecule has 0 bridgehead atoms. The normalized spacial score (nSPS) is 10.9. The van der Waals surface area contributed by atoms with E-state index >= 15 is 0 Å². The number of nitro benzene ring substituents is 1. The van der Waals surface area contributed by atoms with Crippen LogP contribution in [-0.4, -0.2) is 26.4 Å². The van der Waals surface area contributed by atoms with Gasteiger partial charge >= 0.3 is 0 Å². The van der Waals surface area contributed by atoms with E-state index in [1.165, 1.54) is 12.1 Å². The van der Waals surface area contributed by atoms with Gasteiger partial charge in [0.05, 0.1) is 4.92 Å². The van der Waals surface area contributed by atoms with E-state index in [9.17, 15) is 18.5 Å². The van der Waals surface area contributed by atoms with E-state index in [1.807, 2.05) is 0 Å². The average Bonchev–Trinajstić information content (AvgIpc) is 2.29. The first-order valence-electron chi connectivity index (χ1n) is 5.25. The minimum absolute atomic E-state index is 0. The lowest BCUT2D eigenvalue weighted by Gasteiger charge is -2.10. The molecule has 0 aliphatic carbocycles. The maximum atomic E-state index is 12.0. The number of nitrogens with two attached hydrogens (primary N) is 1. The van der Waals surface area contributed by atoms with Crippen LogP contribution < -0.4 is 10.5 Å². The minimum Gasteiger partial charge on any atom is -0.329 e. The number of benzene rings is 1. The van der Waals surface area contributed by atoms with E-state index in [0.29, 0.717) is 11.1 Å². The van der Waals surface area contributed by atoms with Crippen molar-refractivity contribution in [1.82, 2.24) is 4.72 Å². The van der Waals surface area contributed by atoms with Crippen LogP contribution in [0.25, 0.3) is 0 Å². The Morgan fingerprint density at radius 1 is 1.37 bits per heavy atom. The van der Waals surface area contributed by atoms with Crippen LogP contribution in [0.5, 0.6) is 0 Å². The van der Waals surface area contributed by atoms with Crippen LogP contribution in [0.3, 0.4) is 0 Å². The Hall–Kier alpha value is -1.22. The van der Waals surface area contributed by atoms with Crippen LogP contribution in [0.4, 0.5) is 5.69 Å². The molecule has 0 amide bonds. The van der Waals surface area contributed by atoms with Crippen molar-refractivity contribution >= 4 is 28.1 Å². The van der Waals surface area contributed by atoms with Gasteiger partial charge in [-0.05, 0) is 25.0 Å². The molecule has 1 aromatic carbocycles. The van der Waals surface area contributed by atoms with E-state index in [2.05, 4.69) is 4.72 Å². The fourth-order valence-corrected chi connectivity index (χ4v) is 3.04. The largest absolute Gasteiger partial charge is 0.329 e. The van der Waals surface area contributed by atoms with Crippen molar-refractivity contribution in [3.05, 3.63) is 33.4 Å². The molecule has 9 heteroatoms. The number of rotatable bonds is 5. The van der Waals surface area contributed by atoms with Crippen molar-refractivity contribution in [2.45, 2.75) is 18.7 Å². The molecule has 1 rings (SSSR count). The molecular weight excluding hydrogens is 294 g/mol. The molecule has 3 N–H and O–H groups in total. The Kier molecular flexibility index (Phi) is 6.37. The minimum atomic E-state index is -3.92. The number of nitro groups is 1. The molecule has 0 atom stereocenters. The maximum absolute atomic E-state index is 12.0. The molecule has 7 nitrogen and oxygen atoms in total. The van der Waals surface area contributed by atoms with Gasteiger partial charge in [-0.3, -0.25) is 10.1 Å². The predicted octanol–water partition coefficient (Wildman–Crippen LogP) is 0.870. The van der Waals surface area contributed by atoms with Crippen LogP contribution in [-0.2, 0) is 10.0 Å². The summed E-state index contributed by atoms with van der Waals surface area (Å²) in [5.74, 6) is 0. The zero-order valence-electron chi connectivity index (χ0n) is 10.5. The van der Waals surface area contributed by atoms with Crippen molar-refractivity contribution in [2.75, 3.05) is 13.1 Å². The highest BCUT2D eigenvalue weighted by molar-refractivity contribution is 7.89. The van der Waals surface area contributed by atoms with Gasteiger partial charge in [-0.2, -0.15) is 0 Å². The van der Waals surface area contributed by atoms with Crippen molar-refractivity contribution in [3.63, 3.8) is 0 Å². The van der Waals surface area contributed by atoms with E-state index in [-0.39, 0.29) is 30.4 Å². The summed E-state index contributed by atoms with van der Waals surface area (Å²) in [5, 5.41) is 10.9. The number of halogens is 1. The maximum Gasteiger partial charge on any atom is 0.289 e. The van der Waals surface area contributed by atoms with Gasteiger partial charge in [0.25, 0.3) is 5.69 Å². The third-order valence-corrected chi connectivity index (χ3v) is 4.19. The molecule has 0 unspecified atom stereocenters. The van der Waals surface area contributed by atoms with Crippen LogP contribution in [0.2, 0.25) is 0 Å². The number of sulfonamides is 1. The smallest absolute Gasteiger partial charge is 0.289 e. The summed E-state index contributed by atoms with van der Waals surface area (Å²) in [4.78, 5) is 9.90. The molecule has 19 heavy (non-hydrogen) atoms. The molecule has 108 valence electrons. The molecule has 0 heterocycles. The Labute approximate surface area is 117 Å². The molecule has 0 radical (unpaired) electrons. The Balaban J connectivity index is 0.00000324. The third kappa shape index (κ3) is 3.87. The molecule has 0 saturated heterocycles. The van der Waals surface area contributed by atoms with Gasteiger partial charge in [0.2, 0.25) is 10.0 Å². The van der Waals surface area contributed by atoms with Crippen LogP contribution >= 0.6 is 12.4 Å². The summed E-state index contributed by atoms with van der Waals surface area (Å²) in [6.07, 6.45) is 0. The number of hydrogen-bond donors (Lipinski definition) is 2. The molecule has 0 aliphatic heterocycles. The predicted molar refractivity (Wildman–Crippen MR) is 74.1 cm³/mol. The Morgan fingerprint density at radius 2 is 1.95 bits per heavy atom. The lowest BCUT2D eigenvalue weighted by atomic mass is 10.1. The number of aryl methyl sites for hydroxylation is 1. The lowest BCUT2D eigenvalue weighted by Crippen LogP contribution is -2.30.